The predicted octanol–water partition coefficient (Wildman–Crippen LogP) is 2.31. The SMILES string of the molecule is CCCCOc1ccc(C(=O)OCC(=O)Nc2ccc(S(N)(=O)=O)cc2)cc1. The number of esters is 1. The topological polar surface area (TPSA) is 125 Å². The van der Waals surface area contributed by atoms with Gasteiger partial charge < -0.3 is 14.8 Å². The molecule has 0 aliphatic rings. The zero-order valence-electron chi connectivity index (χ0n) is 15.4. The van der Waals surface area contributed by atoms with Crippen LogP contribution in [0.25, 0.3) is 0 Å². The van der Waals surface area contributed by atoms with E-state index in [0.717, 1.165) is 12.8 Å². The minimum Gasteiger partial charge on any atom is -0.494 e. The summed E-state index contributed by atoms with van der Waals surface area (Å²) in [7, 11) is -3.80. The Bertz CT molecular complexity index is 908. The lowest BCUT2D eigenvalue weighted by atomic mass is 10.2. The number of sulfonamides is 1. The number of hydrogen-bond acceptors (Lipinski definition) is 6. The van der Waals surface area contributed by atoms with Gasteiger partial charge in [0.05, 0.1) is 17.1 Å². The van der Waals surface area contributed by atoms with Crippen LogP contribution in [0.4, 0.5) is 5.69 Å². The number of hydrogen-bond donors (Lipinski definition) is 2. The van der Waals surface area contributed by atoms with Crippen molar-refractivity contribution in [1.82, 2.24) is 0 Å². The Kier molecular flexibility index (Phi) is 7.53. The van der Waals surface area contributed by atoms with Gasteiger partial charge in [-0.25, -0.2) is 18.4 Å². The normalized spacial score (nSPS) is 10.9. The second-order valence-corrected chi connectivity index (χ2v) is 7.48. The summed E-state index contributed by atoms with van der Waals surface area (Å²) in [5, 5.41) is 7.50. The molecule has 8 nitrogen and oxygen atoms in total. The van der Waals surface area contributed by atoms with Gasteiger partial charge in [0.15, 0.2) is 6.61 Å². The van der Waals surface area contributed by atoms with Crippen molar-refractivity contribution in [2.24, 2.45) is 5.14 Å². The lowest BCUT2D eigenvalue weighted by molar-refractivity contribution is -0.119. The first-order chi connectivity index (χ1) is 13.3. The first kappa shape index (κ1) is 21.4. The Balaban J connectivity index is 1.82. The van der Waals surface area contributed by atoms with E-state index in [1.165, 1.54) is 24.3 Å². The highest BCUT2D eigenvalue weighted by molar-refractivity contribution is 7.89. The van der Waals surface area contributed by atoms with Crippen LogP contribution in [-0.4, -0.2) is 33.5 Å². The molecule has 2 rings (SSSR count). The fourth-order valence-corrected chi connectivity index (χ4v) is 2.68. The summed E-state index contributed by atoms with van der Waals surface area (Å²) in [5.74, 6) is -0.540. The van der Waals surface area contributed by atoms with Crippen LogP contribution >= 0.6 is 0 Å². The van der Waals surface area contributed by atoms with E-state index in [1.807, 2.05) is 0 Å². The molecule has 0 saturated heterocycles. The number of carbonyl (C=O) groups is 2. The van der Waals surface area contributed by atoms with Crippen LogP contribution < -0.4 is 15.2 Å². The summed E-state index contributed by atoms with van der Waals surface area (Å²) in [6, 6.07) is 11.8. The number of unbranched alkanes of at least 4 members (excludes halogenated alkanes) is 1. The van der Waals surface area contributed by atoms with Gasteiger partial charge in [-0.05, 0) is 55.0 Å². The molecule has 28 heavy (non-hydrogen) atoms. The van der Waals surface area contributed by atoms with Crippen LogP contribution in [0.2, 0.25) is 0 Å². The smallest absolute Gasteiger partial charge is 0.338 e. The lowest BCUT2D eigenvalue weighted by Crippen LogP contribution is -2.21. The zero-order chi connectivity index (χ0) is 20.6. The van der Waals surface area contributed by atoms with Crippen molar-refractivity contribution in [2.75, 3.05) is 18.5 Å². The molecule has 9 heteroatoms. The van der Waals surface area contributed by atoms with E-state index in [0.29, 0.717) is 23.6 Å². The second kappa shape index (κ2) is 9.86. The van der Waals surface area contributed by atoms with E-state index in [-0.39, 0.29) is 4.90 Å². The van der Waals surface area contributed by atoms with Crippen molar-refractivity contribution in [2.45, 2.75) is 24.7 Å². The maximum Gasteiger partial charge on any atom is 0.338 e. The van der Waals surface area contributed by atoms with E-state index < -0.39 is 28.5 Å². The molecule has 0 unspecified atom stereocenters. The number of rotatable bonds is 9. The molecular formula is C19H22N2O6S. The molecule has 0 aliphatic heterocycles. The van der Waals surface area contributed by atoms with E-state index >= 15 is 0 Å². The minimum absolute atomic E-state index is 0.0703. The lowest BCUT2D eigenvalue weighted by Gasteiger charge is -2.08. The standard InChI is InChI=1S/C19H22N2O6S/c1-2-3-12-26-16-8-4-14(5-9-16)19(23)27-13-18(22)21-15-6-10-17(11-7-15)28(20,24)25/h4-11H,2-3,12-13H2,1H3,(H,21,22)(H2,20,24,25). The zero-order valence-corrected chi connectivity index (χ0v) is 16.2. The summed E-state index contributed by atoms with van der Waals surface area (Å²) < 4.78 is 32.9. The van der Waals surface area contributed by atoms with E-state index in [9.17, 15) is 18.0 Å². The Morgan fingerprint density at radius 1 is 1.04 bits per heavy atom. The molecule has 0 saturated carbocycles. The molecule has 0 fully saturated rings. The summed E-state index contributed by atoms with van der Waals surface area (Å²) in [6.45, 7) is 2.20. The van der Waals surface area contributed by atoms with Gasteiger partial charge in [-0.1, -0.05) is 13.3 Å². The Morgan fingerprint density at radius 2 is 1.68 bits per heavy atom. The van der Waals surface area contributed by atoms with Crippen molar-refractivity contribution in [3.63, 3.8) is 0 Å². The molecule has 3 N–H and O–H groups in total. The van der Waals surface area contributed by atoms with Crippen molar-refractivity contribution < 1.29 is 27.5 Å². The summed E-state index contributed by atoms with van der Waals surface area (Å²) in [6.07, 6.45) is 1.98. The predicted molar refractivity (Wildman–Crippen MR) is 104 cm³/mol. The largest absolute Gasteiger partial charge is 0.494 e. The number of ether oxygens (including phenoxy) is 2. The van der Waals surface area contributed by atoms with Crippen LogP contribution in [0, 0.1) is 0 Å². The molecule has 0 radical (unpaired) electrons. The molecule has 0 aliphatic carbocycles. The number of amides is 1. The molecule has 0 heterocycles. The van der Waals surface area contributed by atoms with Crippen molar-refractivity contribution in [1.29, 1.82) is 0 Å². The summed E-state index contributed by atoms with van der Waals surface area (Å²) in [5.41, 5.74) is 0.648. The van der Waals surface area contributed by atoms with Gasteiger partial charge in [0.25, 0.3) is 5.91 Å². The number of nitrogens with one attached hydrogen (secondary N) is 1. The van der Waals surface area contributed by atoms with E-state index in [1.54, 1.807) is 24.3 Å². The average molecular weight is 406 g/mol. The van der Waals surface area contributed by atoms with Gasteiger partial charge in [0.2, 0.25) is 10.0 Å². The fraction of sp³-hybridized carbons (Fsp3) is 0.263. The Morgan fingerprint density at radius 3 is 2.25 bits per heavy atom. The third-order valence-corrected chi connectivity index (χ3v) is 4.59. The molecule has 2 aromatic carbocycles. The van der Waals surface area contributed by atoms with Crippen LogP contribution in [0.15, 0.2) is 53.4 Å². The van der Waals surface area contributed by atoms with Crippen molar-refractivity contribution in [3.8, 4) is 5.75 Å². The fourth-order valence-electron chi connectivity index (χ4n) is 2.16. The van der Waals surface area contributed by atoms with Crippen LogP contribution in [-0.2, 0) is 19.6 Å². The summed E-state index contributed by atoms with van der Waals surface area (Å²) in [4.78, 5) is 23.8. The van der Waals surface area contributed by atoms with Crippen molar-refractivity contribution in [3.05, 3.63) is 54.1 Å². The first-order valence-electron chi connectivity index (χ1n) is 8.62. The van der Waals surface area contributed by atoms with Crippen LogP contribution in [0.3, 0.4) is 0 Å². The van der Waals surface area contributed by atoms with Crippen LogP contribution in [0.1, 0.15) is 30.1 Å². The van der Waals surface area contributed by atoms with Gasteiger partial charge in [-0.3, -0.25) is 4.79 Å². The quantitative estimate of drug-likeness (QED) is 0.486. The maximum atomic E-state index is 12.0. The highest BCUT2D eigenvalue weighted by atomic mass is 32.2. The van der Waals surface area contributed by atoms with Gasteiger partial charge in [-0.15, -0.1) is 0 Å². The average Bonchev–Trinajstić information content (AvgIpc) is 2.66. The third kappa shape index (κ3) is 6.67. The van der Waals surface area contributed by atoms with Crippen molar-refractivity contribution >= 4 is 27.6 Å². The van der Waals surface area contributed by atoms with Crippen LogP contribution in [0.5, 0.6) is 5.75 Å². The molecular weight excluding hydrogens is 384 g/mol. The Labute approximate surface area is 163 Å². The first-order valence-corrected chi connectivity index (χ1v) is 10.2. The maximum absolute atomic E-state index is 12.0. The molecule has 1 amide bonds. The monoisotopic (exact) mass is 406 g/mol. The molecule has 0 bridgehead atoms. The molecule has 150 valence electrons. The summed E-state index contributed by atoms with van der Waals surface area (Å²) >= 11 is 0. The number of anilines is 1. The second-order valence-electron chi connectivity index (χ2n) is 5.92. The molecule has 0 aromatic heterocycles. The van der Waals surface area contributed by atoms with E-state index in [2.05, 4.69) is 12.2 Å². The van der Waals surface area contributed by atoms with Gasteiger partial charge in [0, 0.05) is 5.69 Å². The molecule has 0 atom stereocenters. The van der Waals surface area contributed by atoms with E-state index in [4.69, 9.17) is 14.6 Å². The molecule has 0 spiro atoms. The van der Waals surface area contributed by atoms with Gasteiger partial charge in [-0.2, -0.15) is 0 Å². The minimum atomic E-state index is -3.80. The Hall–Kier alpha value is -2.91. The molecule has 2 aromatic rings. The highest BCUT2D eigenvalue weighted by Crippen LogP contribution is 2.14. The third-order valence-electron chi connectivity index (χ3n) is 3.66. The number of primary sulfonamides is 1. The highest BCUT2D eigenvalue weighted by Gasteiger charge is 2.12. The van der Waals surface area contributed by atoms with Gasteiger partial charge in [0.1, 0.15) is 5.75 Å². The van der Waals surface area contributed by atoms with Gasteiger partial charge >= 0.3 is 5.97 Å². The number of benzene rings is 2. The number of nitrogens with two attached hydrogens (primary N) is 1. The number of carbonyl (C=O) groups excluding carboxylic acids is 2.